The van der Waals surface area contributed by atoms with Crippen LogP contribution in [0.1, 0.15) is 46.8 Å². The van der Waals surface area contributed by atoms with E-state index in [1.54, 1.807) is 50.2 Å². The summed E-state index contributed by atoms with van der Waals surface area (Å²) in [5, 5.41) is 6.92. The summed E-state index contributed by atoms with van der Waals surface area (Å²) < 4.78 is 41.0. The first-order valence-corrected chi connectivity index (χ1v) is 14.1. The van der Waals surface area contributed by atoms with Crippen molar-refractivity contribution in [1.82, 2.24) is 9.73 Å². The van der Waals surface area contributed by atoms with Gasteiger partial charge in [-0.15, -0.1) is 0 Å². The van der Waals surface area contributed by atoms with Crippen LogP contribution in [-0.4, -0.2) is 43.3 Å². The molecule has 0 saturated carbocycles. The highest BCUT2D eigenvalue weighted by Crippen LogP contribution is 2.26. The second kappa shape index (κ2) is 11.9. The third-order valence-electron chi connectivity index (χ3n) is 6.75. The van der Waals surface area contributed by atoms with Gasteiger partial charge in [0.2, 0.25) is 15.9 Å². The summed E-state index contributed by atoms with van der Waals surface area (Å²) in [5.74, 6) is -1.50. The van der Waals surface area contributed by atoms with E-state index in [1.807, 2.05) is 13.0 Å². The summed E-state index contributed by atoms with van der Waals surface area (Å²) in [6.45, 7) is 5.98. The topological polar surface area (TPSA) is 108 Å². The van der Waals surface area contributed by atoms with Crippen molar-refractivity contribution < 1.29 is 22.4 Å². The van der Waals surface area contributed by atoms with Crippen LogP contribution < -0.4 is 10.7 Å². The zero-order chi connectivity index (χ0) is 28.2. The first kappa shape index (κ1) is 28.1. The Labute approximate surface area is 228 Å². The standard InChI is InChI=1S/C29H31FN4O4S/c1-19-7-12-27(20(2)17-19)39(37,38)34-15-13-23(14-16-34)29(36)33-32-21(3)22-8-10-26(11-9-22)31-28(35)24-5-4-6-25(30)18-24/h4-12,17-18,23H,13-16H2,1-3H3,(H,31,35)(H,33,36). The third kappa shape index (κ3) is 6.76. The molecule has 0 aliphatic carbocycles. The van der Waals surface area contributed by atoms with Crippen molar-refractivity contribution >= 4 is 33.2 Å². The highest BCUT2D eigenvalue weighted by Gasteiger charge is 2.32. The maximum absolute atomic E-state index is 13.4. The van der Waals surface area contributed by atoms with Gasteiger partial charge < -0.3 is 5.32 Å². The Morgan fingerprint density at radius 3 is 2.28 bits per heavy atom. The molecule has 0 unspecified atom stereocenters. The zero-order valence-electron chi connectivity index (χ0n) is 22.1. The predicted molar refractivity (Wildman–Crippen MR) is 149 cm³/mol. The molecule has 0 aromatic heterocycles. The number of nitrogens with one attached hydrogen (secondary N) is 2. The Hall–Kier alpha value is -3.89. The molecule has 3 aromatic carbocycles. The van der Waals surface area contributed by atoms with Gasteiger partial charge in [-0.2, -0.15) is 9.41 Å². The molecule has 2 N–H and O–H groups in total. The maximum atomic E-state index is 13.4. The van der Waals surface area contributed by atoms with Crippen LogP contribution in [0.15, 0.2) is 76.7 Å². The monoisotopic (exact) mass is 550 g/mol. The minimum Gasteiger partial charge on any atom is -0.322 e. The molecule has 8 nitrogen and oxygen atoms in total. The summed E-state index contributed by atoms with van der Waals surface area (Å²) in [4.78, 5) is 25.3. The van der Waals surface area contributed by atoms with Crippen LogP contribution in [-0.2, 0) is 14.8 Å². The smallest absolute Gasteiger partial charge is 0.255 e. The molecule has 0 spiro atoms. The van der Waals surface area contributed by atoms with Crippen molar-refractivity contribution in [2.75, 3.05) is 18.4 Å². The number of piperidine rings is 1. The number of aryl methyl sites for hydroxylation is 2. The average Bonchev–Trinajstić information content (AvgIpc) is 2.91. The molecule has 1 heterocycles. The lowest BCUT2D eigenvalue weighted by Gasteiger charge is -2.30. The van der Waals surface area contributed by atoms with E-state index in [-0.39, 0.29) is 30.5 Å². The molecular formula is C29H31FN4O4S. The van der Waals surface area contributed by atoms with Gasteiger partial charge in [0.25, 0.3) is 5.91 Å². The fourth-order valence-corrected chi connectivity index (χ4v) is 6.18. The number of anilines is 1. The van der Waals surface area contributed by atoms with Crippen LogP contribution in [0.3, 0.4) is 0 Å². The van der Waals surface area contributed by atoms with Gasteiger partial charge in [0.05, 0.1) is 10.6 Å². The van der Waals surface area contributed by atoms with E-state index >= 15 is 0 Å². The van der Waals surface area contributed by atoms with Crippen LogP contribution in [0.25, 0.3) is 0 Å². The van der Waals surface area contributed by atoms with Gasteiger partial charge in [-0.1, -0.05) is 35.9 Å². The number of nitrogens with zero attached hydrogens (tertiary/aromatic N) is 2. The van der Waals surface area contributed by atoms with Crippen LogP contribution in [0, 0.1) is 25.6 Å². The van der Waals surface area contributed by atoms with Crippen molar-refractivity contribution in [1.29, 1.82) is 0 Å². The summed E-state index contributed by atoms with van der Waals surface area (Å²) in [5.41, 5.74) is 6.38. The molecule has 1 aliphatic rings. The van der Waals surface area contributed by atoms with Gasteiger partial charge in [0.1, 0.15) is 5.82 Å². The molecule has 1 saturated heterocycles. The Morgan fingerprint density at radius 2 is 1.64 bits per heavy atom. The summed E-state index contributed by atoms with van der Waals surface area (Å²) in [6, 6.07) is 17.6. The van der Waals surface area contributed by atoms with E-state index in [4.69, 9.17) is 0 Å². The summed E-state index contributed by atoms with van der Waals surface area (Å²) in [7, 11) is -3.62. The number of carbonyl (C=O) groups excluding carboxylic acids is 2. The van der Waals surface area contributed by atoms with Gasteiger partial charge in [0.15, 0.2) is 0 Å². The van der Waals surface area contributed by atoms with Gasteiger partial charge >= 0.3 is 0 Å². The van der Waals surface area contributed by atoms with Crippen molar-refractivity contribution in [3.05, 3.63) is 94.8 Å². The van der Waals surface area contributed by atoms with E-state index in [2.05, 4.69) is 15.8 Å². The molecule has 4 rings (SSSR count). The lowest BCUT2D eigenvalue weighted by Crippen LogP contribution is -2.42. The number of hydrogen-bond donors (Lipinski definition) is 2. The maximum Gasteiger partial charge on any atom is 0.255 e. The van der Waals surface area contributed by atoms with Crippen molar-refractivity contribution in [2.24, 2.45) is 11.0 Å². The Balaban J connectivity index is 1.30. The van der Waals surface area contributed by atoms with E-state index in [1.165, 1.54) is 22.5 Å². The van der Waals surface area contributed by atoms with Gasteiger partial charge in [0, 0.05) is 30.3 Å². The number of rotatable bonds is 7. The quantitative estimate of drug-likeness (QED) is 0.330. The number of hydrazone groups is 1. The van der Waals surface area contributed by atoms with E-state index in [0.29, 0.717) is 34.7 Å². The fraction of sp³-hybridized carbons (Fsp3) is 0.276. The number of benzene rings is 3. The molecule has 204 valence electrons. The third-order valence-corrected chi connectivity index (χ3v) is 8.81. The van der Waals surface area contributed by atoms with E-state index in [0.717, 1.165) is 17.2 Å². The lowest BCUT2D eigenvalue weighted by molar-refractivity contribution is -0.126. The largest absolute Gasteiger partial charge is 0.322 e. The summed E-state index contributed by atoms with van der Waals surface area (Å²) in [6.07, 6.45) is 0.814. The highest BCUT2D eigenvalue weighted by molar-refractivity contribution is 7.89. The van der Waals surface area contributed by atoms with E-state index in [9.17, 15) is 22.4 Å². The van der Waals surface area contributed by atoms with Gasteiger partial charge in [-0.05, 0) is 81.1 Å². The molecule has 3 aromatic rings. The molecule has 0 bridgehead atoms. The number of amides is 2. The normalized spacial score (nSPS) is 15.1. The minimum absolute atomic E-state index is 0.216. The van der Waals surface area contributed by atoms with Crippen molar-refractivity contribution in [3.63, 3.8) is 0 Å². The van der Waals surface area contributed by atoms with E-state index < -0.39 is 21.7 Å². The average molecular weight is 551 g/mol. The summed E-state index contributed by atoms with van der Waals surface area (Å²) >= 11 is 0. The van der Waals surface area contributed by atoms with Crippen molar-refractivity contribution in [3.8, 4) is 0 Å². The first-order chi connectivity index (χ1) is 18.5. The SMILES string of the molecule is CC(=NNC(=O)C1CCN(S(=O)(=O)c2ccc(C)cc2C)CC1)c1ccc(NC(=O)c2cccc(F)c2)cc1. The second-order valence-corrected chi connectivity index (χ2v) is 11.6. The first-order valence-electron chi connectivity index (χ1n) is 12.6. The van der Waals surface area contributed by atoms with Crippen molar-refractivity contribution in [2.45, 2.75) is 38.5 Å². The Morgan fingerprint density at radius 1 is 0.949 bits per heavy atom. The van der Waals surface area contributed by atoms with Gasteiger partial charge in [-0.3, -0.25) is 9.59 Å². The molecule has 2 amide bonds. The van der Waals surface area contributed by atoms with Crippen LogP contribution in [0.5, 0.6) is 0 Å². The molecule has 0 atom stereocenters. The molecule has 1 aliphatic heterocycles. The Kier molecular flexibility index (Phi) is 8.57. The van der Waals surface area contributed by atoms with Crippen LogP contribution in [0.4, 0.5) is 10.1 Å². The zero-order valence-corrected chi connectivity index (χ0v) is 22.9. The second-order valence-electron chi connectivity index (χ2n) is 9.66. The lowest BCUT2D eigenvalue weighted by atomic mass is 9.98. The Bertz CT molecular complexity index is 1510. The van der Waals surface area contributed by atoms with Crippen LogP contribution >= 0.6 is 0 Å². The molecule has 0 radical (unpaired) electrons. The minimum atomic E-state index is -3.62. The fourth-order valence-electron chi connectivity index (χ4n) is 4.51. The molecular weight excluding hydrogens is 519 g/mol. The van der Waals surface area contributed by atoms with Gasteiger partial charge in [-0.25, -0.2) is 18.2 Å². The number of halogens is 1. The number of sulfonamides is 1. The molecule has 10 heteroatoms. The van der Waals surface area contributed by atoms with Crippen LogP contribution in [0.2, 0.25) is 0 Å². The predicted octanol–water partition coefficient (Wildman–Crippen LogP) is 4.64. The number of carbonyl (C=O) groups is 2. The number of hydrogen-bond acceptors (Lipinski definition) is 5. The highest BCUT2D eigenvalue weighted by atomic mass is 32.2. The molecule has 1 fully saturated rings. The molecule has 39 heavy (non-hydrogen) atoms.